The second-order valence-electron chi connectivity index (χ2n) is 7.73. The first-order valence-corrected chi connectivity index (χ1v) is 10.4. The molecule has 0 saturated carbocycles. The highest BCUT2D eigenvalue weighted by Crippen LogP contribution is 2.44. The molecule has 0 nitrogen and oxygen atoms in total. The highest BCUT2D eigenvalue weighted by Gasteiger charge is 2.17. The predicted octanol–water partition coefficient (Wildman–Crippen LogP) is 9.12. The molecule has 0 spiro atoms. The summed E-state index contributed by atoms with van der Waals surface area (Å²) >= 11 is 0. The van der Waals surface area contributed by atoms with Crippen molar-refractivity contribution in [2.45, 2.75) is 7.43 Å². The van der Waals surface area contributed by atoms with E-state index in [1.165, 1.54) is 54.6 Å². The molecule has 0 N–H and O–H groups in total. The van der Waals surface area contributed by atoms with E-state index in [0.717, 1.165) is 0 Å². The molecule has 6 rings (SSSR count). The number of rotatable bonds is 2. The molecule has 31 heavy (non-hydrogen) atoms. The summed E-state index contributed by atoms with van der Waals surface area (Å²) in [7, 11) is 0. The maximum Gasteiger partial charge on any atom is -0.00201 e. The van der Waals surface area contributed by atoms with Gasteiger partial charge in [0.1, 0.15) is 0 Å². The molecule has 148 valence electrons. The van der Waals surface area contributed by atoms with Crippen LogP contribution in [0.5, 0.6) is 0 Å². The van der Waals surface area contributed by atoms with Crippen molar-refractivity contribution in [3.8, 4) is 22.3 Å². The maximum absolute atomic E-state index is 2.27. The Morgan fingerprint density at radius 1 is 0.323 bits per heavy atom. The first-order chi connectivity index (χ1) is 14.9. The molecule has 0 atom stereocenters. The zero-order chi connectivity index (χ0) is 19.9. The quantitative estimate of drug-likeness (QED) is 0.256. The predicted molar refractivity (Wildman–Crippen MR) is 137 cm³/mol. The Morgan fingerprint density at radius 2 is 0.774 bits per heavy atom. The Bertz CT molecular complexity index is 1460. The summed E-state index contributed by atoms with van der Waals surface area (Å²) < 4.78 is 0. The third-order valence-corrected chi connectivity index (χ3v) is 6.05. The van der Waals surface area contributed by atoms with Gasteiger partial charge in [-0.3, -0.25) is 0 Å². The number of hydrogen-bond donors (Lipinski definition) is 0. The molecule has 0 saturated heterocycles. The number of benzene rings is 6. The van der Waals surface area contributed by atoms with Crippen molar-refractivity contribution in [2.75, 3.05) is 0 Å². The van der Waals surface area contributed by atoms with Crippen molar-refractivity contribution in [3.05, 3.63) is 121 Å². The van der Waals surface area contributed by atoms with Crippen LogP contribution in [0, 0.1) is 0 Å². The van der Waals surface area contributed by atoms with E-state index < -0.39 is 0 Å². The second-order valence-corrected chi connectivity index (χ2v) is 7.73. The molecule has 0 bridgehead atoms. The molecule has 0 fully saturated rings. The summed E-state index contributed by atoms with van der Waals surface area (Å²) in [4.78, 5) is 0. The molecule has 0 amide bonds. The van der Waals surface area contributed by atoms with Crippen molar-refractivity contribution in [1.29, 1.82) is 0 Å². The maximum atomic E-state index is 2.27. The molecule has 0 aliphatic carbocycles. The van der Waals surface area contributed by atoms with Crippen LogP contribution in [0.2, 0.25) is 0 Å². The minimum absolute atomic E-state index is 0. The molecule has 0 aliphatic rings. The van der Waals surface area contributed by atoms with Gasteiger partial charge in [0, 0.05) is 0 Å². The van der Waals surface area contributed by atoms with E-state index in [4.69, 9.17) is 0 Å². The van der Waals surface area contributed by atoms with Crippen LogP contribution in [0.15, 0.2) is 121 Å². The van der Waals surface area contributed by atoms with Crippen molar-refractivity contribution < 1.29 is 0 Å². The fourth-order valence-electron chi connectivity index (χ4n) is 4.78. The van der Waals surface area contributed by atoms with Gasteiger partial charge < -0.3 is 0 Å². The first-order valence-electron chi connectivity index (χ1n) is 10.4. The monoisotopic (exact) mass is 396 g/mol. The van der Waals surface area contributed by atoms with Crippen molar-refractivity contribution in [3.63, 3.8) is 0 Å². The van der Waals surface area contributed by atoms with Gasteiger partial charge in [0.2, 0.25) is 0 Å². The van der Waals surface area contributed by atoms with Crippen LogP contribution in [0.25, 0.3) is 54.6 Å². The number of hydrogen-bond acceptors (Lipinski definition) is 0. The fourth-order valence-corrected chi connectivity index (χ4v) is 4.78. The van der Waals surface area contributed by atoms with Crippen LogP contribution in [-0.2, 0) is 0 Å². The normalized spacial score (nSPS) is 11.0. The highest BCUT2D eigenvalue weighted by atomic mass is 14.2. The second kappa shape index (κ2) is 7.74. The average Bonchev–Trinajstić information content (AvgIpc) is 2.83. The summed E-state index contributed by atoms with van der Waals surface area (Å²) in [6.45, 7) is 0. The van der Waals surface area contributed by atoms with E-state index in [1.807, 2.05) is 0 Å². The molecule has 6 aromatic rings. The summed E-state index contributed by atoms with van der Waals surface area (Å²) in [5.74, 6) is 0. The van der Waals surface area contributed by atoms with E-state index in [9.17, 15) is 0 Å². The van der Waals surface area contributed by atoms with E-state index in [1.54, 1.807) is 0 Å². The zero-order valence-corrected chi connectivity index (χ0v) is 16.5. The third-order valence-electron chi connectivity index (χ3n) is 6.05. The zero-order valence-electron chi connectivity index (χ0n) is 16.5. The molecular weight excluding hydrogens is 372 g/mol. The Labute approximate surface area is 183 Å². The van der Waals surface area contributed by atoms with Gasteiger partial charge in [-0.05, 0) is 54.6 Å². The van der Waals surface area contributed by atoms with Gasteiger partial charge in [0.15, 0.2) is 0 Å². The smallest absolute Gasteiger partial charge is 0.00201 e. The van der Waals surface area contributed by atoms with Gasteiger partial charge in [0.25, 0.3) is 0 Å². The molecule has 0 radical (unpaired) electrons. The highest BCUT2D eigenvalue weighted by molar-refractivity contribution is 6.23. The van der Waals surface area contributed by atoms with E-state index >= 15 is 0 Å². The standard InChI is InChI=1S/C30H20.CH4/c1-2-12-22(13-3-1)29-25-16-6-8-18-27(25)30(28-19-9-7-17-26(28)29)24-20-10-14-21-11-4-5-15-23(21)24;/h1-20H;1H4. The van der Waals surface area contributed by atoms with Gasteiger partial charge in [-0.2, -0.15) is 0 Å². The Balaban J connectivity index is 0.00000204. The van der Waals surface area contributed by atoms with E-state index in [2.05, 4.69) is 121 Å². The van der Waals surface area contributed by atoms with Crippen LogP contribution in [0.4, 0.5) is 0 Å². The van der Waals surface area contributed by atoms with Gasteiger partial charge in [0.05, 0.1) is 0 Å². The van der Waals surface area contributed by atoms with Crippen LogP contribution in [-0.4, -0.2) is 0 Å². The summed E-state index contributed by atoms with van der Waals surface area (Å²) in [5.41, 5.74) is 5.18. The molecule has 0 unspecified atom stereocenters. The van der Waals surface area contributed by atoms with E-state index in [0.29, 0.717) is 0 Å². The van der Waals surface area contributed by atoms with Gasteiger partial charge in [-0.1, -0.05) is 129 Å². The number of fused-ring (bicyclic) bond motifs is 3. The molecule has 6 aromatic carbocycles. The molecular formula is C31H24. The minimum atomic E-state index is 0. The van der Waals surface area contributed by atoms with Gasteiger partial charge in [-0.15, -0.1) is 0 Å². The van der Waals surface area contributed by atoms with Crippen molar-refractivity contribution in [2.24, 2.45) is 0 Å². The van der Waals surface area contributed by atoms with Crippen LogP contribution in [0.3, 0.4) is 0 Å². The Kier molecular flexibility index (Phi) is 4.76. The Morgan fingerprint density at radius 3 is 1.39 bits per heavy atom. The molecule has 0 aromatic heterocycles. The molecule has 0 heterocycles. The van der Waals surface area contributed by atoms with Crippen molar-refractivity contribution >= 4 is 32.3 Å². The average molecular weight is 397 g/mol. The fraction of sp³-hybridized carbons (Fsp3) is 0.0323. The van der Waals surface area contributed by atoms with Gasteiger partial charge >= 0.3 is 0 Å². The first kappa shape index (κ1) is 19.1. The van der Waals surface area contributed by atoms with Crippen LogP contribution >= 0.6 is 0 Å². The molecule has 0 aliphatic heterocycles. The minimum Gasteiger partial charge on any atom is -0.0776 e. The summed E-state index contributed by atoms with van der Waals surface area (Å²) in [6.07, 6.45) is 0. The van der Waals surface area contributed by atoms with Gasteiger partial charge in [-0.25, -0.2) is 0 Å². The van der Waals surface area contributed by atoms with Crippen LogP contribution < -0.4 is 0 Å². The Hall–Kier alpha value is -3.90. The van der Waals surface area contributed by atoms with E-state index in [-0.39, 0.29) is 7.43 Å². The topological polar surface area (TPSA) is 0 Å². The SMILES string of the molecule is C.c1ccc(-c2c3ccccc3c(-c3cccc4ccccc34)c3ccccc23)cc1. The lowest BCUT2D eigenvalue weighted by Crippen LogP contribution is -1.91. The molecule has 0 heteroatoms. The van der Waals surface area contributed by atoms with Crippen molar-refractivity contribution in [1.82, 2.24) is 0 Å². The third kappa shape index (κ3) is 3.00. The lowest BCUT2D eigenvalue weighted by atomic mass is 9.85. The largest absolute Gasteiger partial charge is 0.0776 e. The lowest BCUT2D eigenvalue weighted by molar-refractivity contribution is 1.66. The summed E-state index contributed by atoms with van der Waals surface area (Å²) in [6, 6.07) is 43.7. The van der Waals surface area contributed by atoms with Crippen LogP contribution in [0.1, 0.15) is 7.43 Å². The lowest BCUT2D eigenvalue weighted by Gasteiger charge is -2.18. The summed E-state index contributed by atoms with van der Waals surface area (Å²) in [5, 5.41) is 7.76.